The summed E-state index contributed by atoms with van der Waals surface area (Å²) in [7, 11) is 0. The first-order valence-electron chi connectivity index (χ1n) is 14.0. The van der Waals surface area contributed by atoms with E-state index in [-0.39, 0.29) is 12.6 Å². The lowest BCUT2D eigenvalue weighted by atomic mass is 10.0. The predicted molar refractivity (Wildman–Crippen MR) is 149 cm³/mol. The third-order valence-electron chi connectivity index (χ3n) is 6.81. The van der Waals surface area contributed by atoms with Gasteiger partial charge >= 0.3 is 0 Å². The fraction of sp³-hybridized carbons (Fsp3) is 0.562. The Bertz CT molecular complexity index is 720. The lowest BCUT2D eigenvalue weighted by Gasteiger charge is -2.33. The number of benzene rings is 2. The molecule has 2 N–H and O–H groups in total. The van der Waals surface area contributed by atoms with Crippen LogP contribution < -0.4 is 0 Å². The van der Waals surface area contributed by atoms with E-state index in [0.29, 0.717) is 13.1 Å². The second-order valence-corrected chi connectivity index (χ2v) is 9.87. The number of aliphatic hydroxyl groups excluding tert-OH is 2. The molecule has 0 fully saturated rings. The summed E-state index contributed by atoms with van der Waals surface area (Å²) in [6.45, 7) is 3.56. The van der Waals surface area contributed by atoms with Crippen LogP contribution in [0.1, 0.15) is 95.1 Å². The van der Waals surface area contributed by atoms with E-state index in [0.717, 1.165) is 6.42 Å². The molecule has 0 unspecified atom stereocenters. The molecule has 0 aliphatic carbocycles. The molecule has 194 valence electrons. The van der Waals surface area contributed by atoms with E-state index in [9.17, 15) is 10.2 Å². The lowest BCUT2D eigenvalue weighted by Crippen LogP contribution is -2.44. The average molecular weight is 480 g/mol. The normalized spacial score (nSPS) is 13.5. The van der Waals surface area contributed by atoms with Crippen LogP contribution in [0.25, 0.3) is 0 Å². The molecule has 2 rings (SSSR count). The molecule has 0 spiro atoms. The first-order chi connectivity index (χ1) is 17.2. The highest BCUT2D eigenvalue weighted by Crippen LogP contribution is 2.17. The van der Waals surface area contributed by atoms with Crippen molar-refractivity contribution in [1.29, 1.82) is 0 Å². The Morgan fingerprint density at radius 1 is 0.686 bits per heavy atom. The lowest BCUT2D eigenvalue weighted by molar-refractivity contribution is 0.0297. The van der Waals surface area contributed by atoms with Crippen LogP contribution in [0.2, 0.25) is 0 Å². The zero-order valence-electron chi connectivity index (χ0n) is 22.0. The fourth-order valence-corrected chi connectivity index (χ4v) is 4.66. The highest BCUT2D eigenvalue weighted by atomic mass is 16.3. The molecule has 0 radical (unpaired) electrons. The third-order valence-corrected chi connectivity index (χ3v) is 6.81. The quantitative estimate of drug-likeness (QED) is 0.151. The van der Waals surface area contributed by atoms with Crippen LogP contribution in [-0.4, -0.2) is 33.9 Å². The number of unbranched alkanes of at least 4 members (excludes halogenated alkanes) is 11. The molecular formula is C32H49NO2. The smallest absolute Gasteiger partial charge is 0.0898 e. The number of aliphatic hydroxyl groups is 2. The molecule has 0 aliphatic heterocycles. The first-order valence-corrected chi connectivity index (χ1v) is 14.0. The van der Waals surface area contributed by atoms with E-state index >= 15 is 0 Å². The molecule has 0 aromatic heterocycles. The summed E-state index contributed by atoms with van der Waals surface area (Å²) in [6, 6.07) is 20.2. The van der Waals surface area contributed by atoms with Crippen LogP contribution in [0.5, 0.6) is 0 Å². The molecule has 0 saturated carbocycles. The van der Waals surface area contributed by atoms with Gasteiger partial charge in [-0.3, -0.25) is 4.90 Å². The molecule has 2 atom stereocenters. The summed E-state index contributed by atoms with van der Waals surface area (Å²) in [6.07, 6.45) is 19.1. The minimum absolute atomic E-state index is 0.0797. The topological polar surface area (TPSA) is 43.7 Å². The number of allylic oxidation sites excluding steroid dienone is 1. The van der Waals surface area contributed by atoms with Crippen molar-refractivity contribution in [2.45, 2.75) is 109 Å². The molecule has 0 aliphatic rings. The second kappa shape index (κ2) is 19.3. The maximum Gasteiger partial charge on any atom is 0.0898 e. The summed E-state index contributed by atoms with van der Waals surface area (Å²) in [5.74, 6) is 0. The molecular weight excluding hydrogens is 430 g/mol. The zero-order chi connectivity index (χ0) is 25.0. The number of rotatable bonds is 20. The van der Waals surface area contributed by atoms with Crippen molar-refractivity contribution in [2.24, 2.45) is 0 Å². The van der Waals surface area contributed by atoms with Crippen molar-refractivity contribution in [3.8, 4) is 0 Å². The minimum Gasteiger partial charge on any atom is -0.395 e. The van der Waals surface area contributed by atoms with E-state index < -0.39 is 6.10 Å². The van der Waals surface area contributed by atoms with Crippen LogP contribution >= 0.6 is 0 Å². The Morgan fingerprint density at radius 3 is 1.60 bits per heavy atom. The molecule has 3 nitrogen and oxygen atoms in total. The Hall–Kier alpha value is -1.94. The van der Waals surface area contributed by atoms with Crippen LogP contribution in [0.4, 0.5) is 0 Å². The average Bonchev–Trinajstić information content (AvgIpc) is 2.88. The minimum atomic E-state index is -0.694. The molecule has 35 heavy (non-hydrogen) atoms. The van der Waals surface area contributed by atoms with E-state index in [1.54, 1.807) is 0 Å². The number of hydrogen-bond donors (Lipinski definition) is 2. The Kier molecular flexibility index (Phi) is 16.1. The van der Waals surface area contributed by atoms with Gasteiger partial charge in [-0.15, -0.1) is 0 Å². The molecule has 0 saturated heterocycles. The second-order valence-electron chi connectivity index (χ2n) is 9.87. The zero-order valence-corrected chi connectivity index (χ0v) is 22.0. The highest BCUT2D eigenvalue weighted by molar-refractivity contribution is 5.18. The predicted octanol–water partition coefficient (Wildman–Crippen LogP) is 7.67. The van der Waals surface area contributed by atoms with Crippen molar-refractivity contribution in [2.75, 3.05) is 6.61 Å². The van der Waals surface area contributed by atoms with Crippen LogP contribution in [0.15, 0.2) is 72.8 Å². The van der Waals surface area contributed by atoms with Crippen molar-refractivity contribution < 1.29 is 10.2 Å². The number of hydrogen-bond acceptors (Lipinski definition) is 3. The fourth-order valence-electron chi connectivity index (χ4n) is 4.66. The van der Waals surface area contributed by atoms with Gasteiger partial charge in [-0.1, -0.05) is 144 Å². The van der Waals surface area contributed by atoms with Crippen molar-refractivity contribution in [3.05, 3.63) is 83.9 Å². The van der Waals surface area contributed by atoms with Crippen molar-refractivity contribution >= 4 is 0 Å². The summed E-state index contributed by atoms with van der Waals surface area (Å²) < 4.78 is 0. The highest BCUT2D eigenvalue weighted by Gasteiger charge is 2.24. The van der Waals surface area contributed by atoms with E-state index in [2.05, 4.69) is 42.2 Å². The molecule has 2 aromatic carbocycles. The van der Waals surface area contributed by atoms with Gasteiger partial charge in [0, 0.05) is 13.1 Å². The van der Waals surface area contributed by atoms with Gasteiger partial charge in [0.1, 0.15) is 0 Å². The van der Waals surface area contributed by atoms with Gasteiger partial charge in [0.2, 0.25) is 0 Å². The summed E-state index contributed by atoms with van der Waals surface area (Å²) >= 11 is 0. The Balaban J connectivity index is 1.74. The van der Waals surface area contributed by atoms with Gasteiger partial charge in [-0.2, -0.15) is 0 Å². The third kappa shape index (κ3) is 13.1. The molecule has 0 heterocycles. The maximum absolute atomic E-state index is 10.9. The van der Waals surface area contributed by atoms with Gasteiger partial charge in [0.25, 0.3) is 0 Å². The van der Waals surface area contributed by atoms with Crippen LogP contribution in [0, 0.1) is 0 Å². The molecule has 0 bridgehead atoms. The monoisotopic (exact) mass is 479 g/mol. The van der Waals surface area contributed by atoms with Gasteiger partial charge in [-0.25, -0.2) is 0 Å². The van der Waals surface area contributed by atoms with Crippen molar-refractivity contribution in [1.82, 2.24) is 4.90 Å². The van der Waals surface area contributed by atoms with E-state index in [1.165, 1.54) is 81.8 Å². The Morgan fingerprint density at radius 2 is 1.14 bits per heavy atom. The number of nitrogens with zero attached hydrogens (tertiary/aromatic N) is 1. The van der Waals surface area contributed by atoms with Crippen molar-refractivity contribution in [3.63, 3.8) is 0 Å². The molecule has 0 amide bonds. The van der Waals surface area contributed by atoms with Crippen LogP contribution in [-0.2, 0) is 13.1 Å². The Labute approximate surface area is 214 Å². The largest absolute Gasteiger partial charge is 0.395 e. The van der Waals surface area contributed by atoms with Crippen LogP contribution in [0.3, 0.4) is 0 Å². The van der Waals surface area contributed by atoms with Gasteiger partial charge in [-0.05, 0) is 24.0 Å². The first kappa shape index (κ1) is 29.3. The SMILES string of the molecule is CCCCCCCCCCCCC/C=C/[C@@H](O)[C@H](CO)N(Cc1ccccc1)Cc1ccccc1. The van der Waals surface area contributed by atoms with E-state index in [1.807, 2.05) is 42.5 Å². The maximum atomic E-state index is 10.9. The standard InChI is InChI=1S/C32H49NO2/c1-2-3-4-5-6-7-8-9-10-11-12-13-20-25-32(35)31(28-34)33(26-29-21-16-14-17-22-29)27-30-23-18-15-19-24-30/h14-25,31-32,34-35H,2-13,26-28H2,1H3/b25-20+/t31-,32+/m0/s1. The molecule has 2 aromatic rings. The van der Waals surface area contributed by atoms with Gasteiger partial charge < -0.3 is 10.2 Å². The van der Waals surface area contributed by atoms with Gasteiger partial charge in [0.15, 0.2) is 0 Å². The van der Waals surface area contributed by atoms with Gasteiger partial charge in [0.05, 0.1) is 18.8 Å². The summed E-state index contributed by atoms with van der Waals surface area (Å²) in [5.41, 5.74) is 2.36. The summed E-state index contributed by atoms with van der Waals surface area (Å²) in [5, 5.41) is 21.1. The molecule has 3 heteroatoms. The van der Waals surface area contributed by atoms with E-state index in [4.69, 9.17) is 0 Å². The summed E-state index contributed by atoms with van der Waals surface area (Å²) in [4.78, 5) is 2.18.